The first kappa shape index (κ1) is 18.5. The third-order valence-electron chi connectivity index (χ3n) is 3.92. The van der Waals surface area contributed by atoms with Crippen LogP contribution < -0.4 is 10.6 Å². The van der Waals surface area contributed by atoms with Gasteiger partial charge in [0.25, 0.3) is 5.91 Å². The van der Waals surface area contributed by atoms with E-state index in [4.69, 9.17) is 4.74 Å². The van der Waals surface area contributed by atoms with Crippen molar-refractivity contribution < 1.29 is 13.9 Å². The molecule has 5 nitrogen and oxygen atoms in total. The number of ether oxygens (including phenoxy) is 1. The first-order valence-corrected chi connectivity index (χ1v) is 9.15. The highest BCUT2D eigenvalue weighted by Crippen LogP contribution is 2.15. The maximum atomic E-state index is 13.0. The predicted molar refractivity (Wildman–Crippen MR) is 103 cm³/mol. The Bertz CT molecular complexity index is 772. The Balaban J connectivity index is 1.72. The van der Waals surface area contributed by atoms with Gasteiger partial charge in [0.2, 0.25) is 5.96 Å². The fraction of sp³-hybridized carbons (Fsp3) is 0.263. The van der Waals surface area contributed by atoms with Gasteiger partial charge >= 0.3 is 0 Å². The average Bonchev–Trinajstić information content (AvgIpc) is 3.15. The van der Waals surface area contributed by atoms with Gasteiger partial charge in [-0.15, -0.1) is 0 Å². The van der Waals surface area contributed by atoms with Gasteiger partial charge in [0.15, 0.2) is 0 Å². The Hall–Kier alpha value is -2.25. The average molecular weight is 420 g/mol. The van der Waals surface area contributed by atoms with E-state index in [1.807, 2.05) is 24.3 Å². The number of hydrogen-bond acceptors (Lipinski definition) is 3. The van der Waals surface area contributed by atoms with Crippen LogP contribution in [0.2, 0.25) is 0 Å². The lowest BCUT2D eigenvalue weighted by Crippen LogP contribution is -2.36. The van der Waals surface area contributed by atoms with Crippen LogP contribution in [-0.4, -0.2) is 31.1 Å². The van der Waals surface area contributed by atoms with Gasteiger partial charge in [0.05, 0.1) is 12.6 Å². The van der Waals surface area contributed by atoms with Crippen LogP contribution in [0.5, 0.6) is 0 Å². The molecule has 0 aliphatic carbocycles. The molecule has 26 heavy (non-hydrogen) atoms. The number of anilines is 1. The molecule has 1 amide bonds. The zero-order valence-electron chi connectivity index (χ0n) is 14.0. The molecule has 2 aromatic carbocycles. The normalized spacial score (nSPS) is 17.2. The molecular formula is C19H19BrFN3O2. The molecule has 0 spiro atoms. The summed E-state index contributed by atoms with van der Waals surface area (Å²) in [4.78, 5) is 16.9. The van der Waals surface area contributed by atoms with Gasteiger partial charge in [0, 0.05) is 22.3 Å². The summed E-state index contributed by atoms with van der Waals surface area (Å²) in [7, 11) is 0. The smallest absolute Gasteiger partial charge is 0.257 e. The Morgan fingerprint density at radius 2 is 1.92 bits per heavy atom. The summed E-state index contributed by atoms with van der Waals surface area (Å²) >= 11 is 3.39. The Morgan fingerprint density at radius 1 is 1.19 bits per heavy atom. The van der Waals surface area contributed by atoms with Gasteiger partial charge in [0.1, 0.15) is 5.82 Å². The quantitative estimate of drug-likeness (QED) is 0.582. The third-order valence-corrected chi connectivity index (χ3v) is 4.45. The second-order valence-corrected chi connectivity index (χ2v) is 6.83. The van der Waals surface area contributed by atoms with Crippen molar-refractivity contribution in [2.75, 3.05) is 18.5 Å². The van der Waals surface area contributed by atoms with Crippen LogP contribution in [0.15, 0.2) is 58.0 Å². The first-order valence-electron chi connectivity index (χ1n) is 8.36. The summed E-state index contributed by atoms with van der Waals surface area (Å²) < 4.78 is 19.6. The molecule has 2 aromatic rings. The minimum atomic E-state index is -0.387. The number of nitrogens with zero attached hydrogens (tertiary/aromatic N) is 1. The SMILES string of the molecule is O=C(NC(=NC[C@@H]1CCCO1)Nc1ccc(Br)cc1)c1ccc(F)cc1. The molecule has 2 N–H and O–H groups in total. The van der Waals surface area contributed by atoms with E-state index < -0.39 is 0 Å². The number of carbonyl (C=O) groups excluding carboxylic acids is 1. The van der Waals surface area contributed by atoms with Crippen LogP contribution >= 0.6 is 15.9 Å². The summed E-state index contributed by atoms with van der Waals surface area (Å²) in [5.74, 6) is -0.417. The van der Waals surface area contributed by atoms with Crippen LogP contribution in [0.3, 0.4) is 0 Å². The monoisotopic (exact) mass is 419 g/mol. The van der Waals surface area contributed by atoms with Crippen LogP contribution in [0.4, 0.5) is 10.1 Å². The van der Waals surface area contributed by atoms with Crippen LogP contribution in [0, 0.1) is 5.82 Å². The Morgan fingerprint density at radius 3 is 2.58 bits per heavy atom. The van der Waals surface area contributed by atoms with Gasteiger partial charge in [-0.1, -0.05) is 15.9 Å². The highest BCUT2D eigenvalue weighted by molar-refractivity contribution is 9.10. The zero-order valence-corrected chi connectivity index (χ0v) is 15.6. The molecule has 0 radical (unpaired) electrons. The number of guanidine groups is 1. The van der Waals surface area contributed by atoms with Crippen molar-refractivity contribution in [2.45, 2.75) is 18.9 Å². The highest BCUT2D eigenvalue weighted by atomic mass is 79.9. The van der Waals surface area contributed by atoms with E-state index in [9.17, 15) is 9.18 Å². The second kappa shape index (κ2) is 8.91. The zero-order chi connectivity index (χ0) is 18.4. The molecule has 0 saturated carbocycles. The summed E-state index contributed by atoms with van der Waals surface area (Å²) in [6, 6.07) is 12.9. The van der Waals surface area contributed by atoms with E-state index in [0.717, 1.165) is 29.6 Å². The van der Waals surface area contributed by atoms with Gasteiger partial charge < -0.3 is 10.1 Å². The van der Waals surface area contributed by atoms with E-state index in [-0.39, 0.29) is 17.8 Å². The fourth-order valence-electron chi connectivity index (χ4n) is 2.54. The molecular weight excluding hydrogens is 401 g/mol. The summed E-state index contributed by atoms with van der Waals surface area (Å²) in [6.07, 6.45) is 2.05. The number of amides is 1. The van der Waals surface area contributed by atoms with Crippen molar-refractivity contribution in [3.05, 3.63) is 64.4 Å². The van der Waals surface area contributed by atoms with Crippen LogP contribution in [-0.2, 0) is 4.74 Å². The molecule has 0 bridgehead atoms. The largest absolute Gasteiger partial charge is 0.376 e. The molecule has 1 fully saturated rings. The standard InChI is InChI=1S/C19H19BrFN3O2/c20-14-5-9-16(10-6-14)23-19(22-12-17-2-1-11-26-17)24-18(25)13-3-7-15(21)8-4-13/h3-10,17H,1-2,11-12H2,(H2,22,23,24,25)/t17-/m0/s1. The molecule has 3 rings (SSSR count). The summed E-state index contributed by atoms with van der Waals surface area (Å²) in [5.41, 5.74) is 1.15. The maximum Gasteiger partial charge on any atom is 0.257 e. The number of hydrogen-bond donors (Lipinski definition) is 2. The summed E-state index contributed by atoms with van der Waals surface area (Å²) in [6.45, 7) is 1.21. The number of rotatable bonds is 4. The lowest BCUT2D eigenvalue weighted by Gasteiger charge is -2.13. The number of benzene rings is 2. The minimum Gasteiger partial charge on any atom is -0.376 e. The molecule has 1 atom stereocenters. The number of carbonyl (C=O) groups is 1. The number of aliphatic imine (C=N–C) groups is 1. The maximum absolute atomic E-state index is 13.0. The topological polar surface area (TPSA) is 62.7 Å². The van der Waals surface area contributed by atoms with E-state index in [0.29, 0.717) is 18.1 Å². The number of halogens is 2. The van der Waals surface area contributed by atoms with Gasteiger partial charge in [-0.05, 0) is 61.4 Å². The van der Waals surface area contributed by atoms with Gasteiger partial charge in [-0.3, -0.25) is 10.1 Å². The predicted octanol–water partition coefficient (Wildman–Crippen LogP) is 3.97. The molecule has 1 aliphatic rings. The second-order valence-electron chi connectivity index (χ2n) is 5.92. The summed E-state index contributed by atoms with van der Waals surface area (Å²) in [5, 5.41) is 5.86. The molecule has 1 heterocycles. The highest BCUT2D eigenvalue weighted by Gasteiger charge is 2.16. The first-order chi connectivity index (χ1) is 12.6. The number of nitrogens with one attached hydrogen (secondary N) is 2. The van der Waals surface area contributed by atoms with Crippen molar-refractivity contribution >= 4 is 33.5 Å². The lowest BCUT2D eigenvalue weighted by molar-refractivity contribution is 0.0975. The van der Waals surface area contributed by atoms with E-state index in [1.54, 1.807) is 0 Å². The van der Waals surface area contributed by atoms with Crippen molar-refractivity contribution in [3.63, 3.8) is 0 Å². The Labute approximate surface area is 159 Å². The van der Waals surface area contributed by atoms with E-state index in [2.05, 4.69) is 31.6 Å². The van der Waals surface area contributed by atoms with Crippen molar-refractivity contribution in [1.29, 1.82) is 0 Å². The molecule has 136 valence electrons. The van der Waals surface area contributed by atoms with Gasteiger partial charge in [-0.2, -0.15) is 0 Å². The van der Waals surface area contributed by atoms with E-state index >= 15 is 0 Å². The van der Waals surface area contributed by atoms with E-state index in [1.165, 1.54) is 24.3 Å². The van der Waals surface area contributed by atoms with Gasteiger partial charge in [-0.25, -0.2) is 9.38 Å². The molecule has 1 aliphatic heterocycles. The molecule has 0 aromatic heterocycles. The molecule has 1 saturated heterocycles. The molecule has 7 heteroatoms. The molecule has 0 unspecified atom stereocenters. The van der Waals surface area contributed by atoms with Crippen molar-refractivity contribution in [1.82, 2.24) is 5.32 Å². The van der Waals surface area contributed by atoms with Crippen molar-refractivity contribution in [2.24, 2.45) is 4.99 Å². The van der Waals surface area contributed by atoms with Crippen LogP contribution in [0.25, 0.3) is 0 Å². The van der Waals surface area contributed by atoms with Crippen LogP contribution in [0.1, 0.15) is 23.2 Å². The lowest BCUT2D eigenvalue weighted by atomic mass is 10.2. The van der Waals surface area contributed by atoms with Crippen molar-refractivity contribution in [3.8, 4) is 0 Å². The third kappa shape index (κ3) is 5.37. The minimum absolute atomic E-state index is 0.0689. The fourth-order valence-corrected chi connectivity index (χ4v) is 2.81. The Kier molecular flexibility index (Phi) is 6.35.